The molecular weight excluding hydrogens is 248 g/mol. The van der Waals surface area contributed by atoms with E-state index in [4.69, 9.17) is 9.84 Å². The average Bonchev–Trinajstić information content (AvgIpc) is 2.48. The molecule has 0 heterocycles. The van der Waals surface area contributed by atoms with Gasteiger partial charge in [-0.05, 0) is 55.9 Å². The van der Waals surface area contributed by atoms with E-state index in [0.717, 1.165) is 22.8 Å². The summed E-state index contributed by atoms with van der Waals surface area (Å²) in [6.07, 6.45) is 6.60. The number of ether oxygens (including phenoxy) is 1. The number of hydrogen-bond acceptors (Lipinski definition) is 2. The van der Waals surface area contributed by atoms with Crippen LogP contribution < -0.4 is 4.74 Å². The lowest BCUT2D eigenvalue weighted by molar-refractivity contribution is 0.121. The van der Waals surface area contributed by atoms with Crippen molar-refractivity contribution in [2.24, 2.45) is 5.92 Å². The first kappa shape index (κ1) is 14.9. The second-order valence-corrected chi connectivity index (χ2v) is 5.62. The summed E-state index contributed by atoms with van der Waals surface area (Å²) in [5.74, 6) is 7.39. The molecule has 2 atom stereocenters. The van der Waals surface area contributed by atoms with Crippen molar-refractivity contribution in [3.05, 3.63) is 29.3 Å². The van der Waals surface area contributed by atoms with Crippen molar-refractivity contribution < 1.29 is 9.84 Å². The molecule has 20 heavy (non-hydrogen) atoms. The largest absolute Gasteiger partial charge is 0.490 e. The van der Waals surface area contributed by atoms with Gasteiger partial charge in [0.2, 0.25) is 0 Å². The maximum Gasteiger partial charge on any atom is 0.122 e. The van der Waals surface area contributed by atoms with Gasteiger partial charge in [-0.1, -0.05) is 31.6 Å². The highest BCUT2D eigenvalue weighted by Gasteiger charge is 2.22. The van der Waals surface area contributed by atoms with Gasteiger partial charge in [0.1, 0.15) is 12.4 Å². The molecule has 1 saturated carbocycles. The van der Waals surface area contributed by atoms with E-state index >= 15 is 0 Å². The van der Waals surface area contributed by atoms with Crippen LogP contribution in [-0.2, 0) is 0 Å². The molecular formula is C18H24O2. The normalized spacial score (nSPS) is 21.9. The number of hydrogen-bond donors (Lipinski definition) is 1. The van der Waals surface area contributed by atoms with Gasteiger partial charge in [-0.2, -0.15) is 0 Å². The third-order valence-corrected chi connectivity index (χ3v) is 4.09. The molecule has 2 nitrogen and oxygen atoms in total. The first-order valence-electron chi connectivity index (χ1n) is 7.60. The summed E-state index contributed by atoms with van der Waals surface area (Å²) < 4.78 is 6.18. The van der Waals surface area contributed by atoms with Crippen molar-refractivity contribution in [2.45, 2.75) is 52.1 Å². The predicted molar refractivity (Wildman–Crippen MR) is 81.8 cm³/mol. The lowest BCUT2D eigenvalue weighted by atomic mass is 9.85. The molecule has 0 bridgehead atoms. The molecule has 1 aromatic carbocycles. The third kappa shape index (κ3) is 4.02. The Hall–Kier alpha value is -1.46. The number of aliphatic hydroxyl groups excluding tert-OH is 1. The maximum atomic E-state index is 8.72. The topological polar surface area (TPSA) is 29.5 Å². The lowest BCUT2D eigenvalue weighted by Gasteiger charge is -2.29. The molecule has 0 spiro atoms. The van der Waals surface area contributed by atoms with Gasteiger partial charge in [0, 0.05) is 5.56 Å². The van der Waals surface area contributed by atoms with E-state index in [-0.39, 0.29) is 6.61 Å². The fourth-order valence-electron chi connectivity index (χ4n) is 2.90. The highest BCUT2D eigenvalue weighted by molar-refractivity contribution is 5.43. The van der Waals surface area contributed by atoms with Crippen LogP contribution in [0.25, 0.3) is 0 Å². The average molecular weight is 272 g/mol. The van der Waals surface area contributed by atoms with E-state index < -0.39 is 0 Å². The van der Waals surface area contributed by atoms with Crippen molar-refractivity contribution in [2.75, 3.05) is 6.61 Å². The van der Waals surface area contributed by atoms with Crippen molar-refractivity contribution in [3.63, 3.8) is 0 Å². The summed E-state index contributed by atoms with van der Waals surface area (Å²) in [6, 6.07) is 6.00. The van der Waals surface area contributed by atoms with E-state index in [1.54, 1.807) is 0 Å². The second kappa shape index (κ2) is 7.36. The molecule has 0 radical (unpaired) electrons. The molecule has 2 unspecified atom stereocenters. The maximum absolute atomic E-state index is 8.72. The number of aliphatic hydroxyl groups is 1. The van der Waals surface area contributed by atoms with E-state index in [2.05, 4.69) is 25.7 Å². The van der Waals surface area contributed by atoms with Crippen LogP contribution >= 0.6 is 0 Å². The van der Waals surface area contributed by atoms with Gasteiger partial charge in [-0.3, -0.25) is 0 Å². The summed E-state index contributed by atoms with van der Waals surface area (Å²) >= 11 is 0. The van der Waals surface area contributed by atoms with E-state index in [1.165, 1.54) is 32.1 Å². The minimum absolute atomic E-state index is 0.0994. The van der Waals surface area contributed by atoms with Crippen molar-refractivity contribution in [1.29, 1.82) is 0 Å². The standard InChI is InChI=1S/C18H24O2/c1-3-15-6-4-8-17(13-15)20-18-10-9-16(7-5-11-19)12-14(18)2/h9-10,12,15,17,19H,3-4,6,8,11,13H2,1-2H3. The molecule has 108 valence electrons. The SMILES string of the molecule is CCC1CCCC(Oc2ccc(C#CCO)cc2C)C1. The predicted octanol–water partition coefficient (Wildman–Crippen LogP) is 3.69. The number of aryl methyl sites for hydroxylation is 1. The second-order valence-electron chi connectivity index (χ2n) is 5.62. The zero-order valence-corrected chi connectivity index (χ0v) is 12.5. The minimum Gasteiger partial charge on any atom is -0.490 e. The Kier molecular flexibility index (Phi) is 5.49. The van der Waals surface area contributed by atoms with Crippen LogP contribution in [0.15, 0.2) is 18.2 Å². The minimum atomic E-state index is -0.0994. The van der Waals surface area contributed by atoms with Gasteiger partial charge in [0.15, 0.2) is 0 Å². The van der Waals surface area contributed by atoms with Crippen LogP contribution in [0.4, 0.5) is 0 Å². The molecule has 1 aliphatic rings. The third-order valence-electron chi connectivity index (χ3n) is 4.09. The Bertz CT molecular complexity index is 496. The van der Waals surface area contributed by atoms with E-state index in [0.29, 0.717) is 6.10 Å². The molecule has 2 heteroatoms. The lowest BCUT2D eigenvalue weighted by Crippen LogP contribution is -2.25. The Morgan fingerprint density at radius 2 is 2.20 bits per heavy atom. The number of benzene rings is 1. The van der Waals surface area contributed by atoms with E-state index in [9.17, 15) is 0 Å². The van der Waals surface area contributed by atoms with Crippen LogP contribution in [0.5, 0.6) is 5.75 Å². The van der Waals surface area contributed by atoms with Crippen molar-refractivity contribution >= 4 is 0 Å². The molecule has 1 aliphatic carbocycles. The molecule has 0 aliphatic heterocycles. The smallest absolute Gasteiger partial charge is 0.122 e. The van der Waals surface area contributed by atoms with Crippen LogP contribution in [-0.4, -0.2) is 17.8 Å². The van der Waals surface area contributed by atoms with Gasteiger partial charge < -0.3 is 9.84 Å². The Morgan fingerprint density at radius 1 is 1.35 bits per heavy atom. The van der Waals surface area contributed by atoms with Crippen LogP contribution in [0.2, 0.25) is 0 Å². The van der Waals surface area contributed by atoms with Crippen molar-refractivity contribution in [1.82, 2.24) is 0 Å². The summed E-state index contributed by atoms with van der Waals surface area (Å²) in [5, 5.41) is 8.72. The molecule has 2 rings (SSSR count). The van der Waals surface area contributed by atoms with E-state index in [1.807, 2.05) is 18.2 Å². The first-order chi connectivity index (χ1) is 9.72. The molecule has 0 amide bonds. The summed E-state index contributed by atoms with van der Waals surface area (Å²) in [6.45, 7) is 4.23. The Morgan fingerprint density at radius 3 is 2.90 bits per heavy atom. The molecule has 1 fully saturated rings. The van der Waals surface area contributed by atoms with Crippen LogP contribution in [0, 0.1) is 24.7 Å². The Balaban J connectivity index is 2.02. The molecule has 1 aromatic rings. The summed E-state index contributed by atoms with van der Waals surface area (Å²) in [7, 11) is 0. The van der Waals surface area contributed by atoms with Gasteiger partial charge in [-0.25, -0.2) is 0 Å². The van der Waals surface area contributed by atoms with Gasteiger partial charge >= 0.3 is 0 Å². The van der Waals surface area contributed by atoms with Crippen LogP contribution in [0.3, 0.4) is 0 Å². The highest BCUT2D eigenvalue weighted by atomic mass is 16.5. The highest BCUT2D eigenvalue weighted by Crippen LogP contribution is 2.30. The summed E-state index contributed by atoms with van der Waals surface area (Å²) in [4.78, 5) is 0. The molecule has 0 saturated heterocycles. The molecule has 1 N–H and O–H groups in total. The van der Waals surface area contributed by atoms with Gasteiger partial charge in [0.05, 0.1) is 6.10 Å². The quantitative estimate of drug-likeness (QED) is 0.850. The Labute approximate surface area is 122 Å². The van der Waals surface area contributed by atoms with Gasteiger partial charge in [0.25, 0.3) is 0 Å². The first-order valence-corrected chi connectivity index (χ1v) is 7.60. The molecule has 0 aromatic heterocycles. The zero-order valence-electron chi connectivity index (χ0n) is 12.5. The fraction of sp³-hybridized carbons (Fsp3) is 0.556. The monoisotopic (exact) mass is 272 g/mol. The fourth-order valence-corrected chi connectivity index (χ4v) is 2.90. The number of rotatable bonds is 3. The zero-order chi connectivity index (χ0) is 14.4. The van der Waals surface area contributed by atoms with Crippen molar-refractivity contribution in [3.8, 4) is 17.6 Å². The van der Waals surface area contributed by atoms with Crippen LogP contribution in [0.1, 0.15) is 50.2 Å². The van der Waals surface area contributed by atoms with Gasteiger partial charge in [-0.15, -0.1) is 0 Å². The summed E-state index contributed by atoms with van der Waals surface area (Å²) in [5.41, 5.74) is 2.05.